The molecule has 3 nitrogen and oxygen atoms in total. The number of hydrogen-bond acceptors (Lipinski definition) is 4. The van der Waals surface area contributed by atoms with Gasteiger partial charge in [-0.1, -0.05) is 112 Å². The molecular weight excluding hydrogens is 799 g/mol. The normalized spacial score (nSPS) is 13.2. The van der Waals surface area contributed by atoms with Gasteiger partial charge in [-0.25, -0.2) is 0 Å². The molecule has 0 spiro atoms. The van der Waals surface area contributed by atoms with Crippen molar-refractivity contribution in [2.45, 2.75) is 51.7 Å². The quantitative estimate of drug-likeness (QED) is 0.124. The van der Waals surface area contributed by atoms with Gasteiger partial charge in [0.25, 0.3) is 0 Å². The summed E-state index contributed by atoms with van der Waals surface area (Å²) in [6.45, 7) is 7.00. The van der Waals surface area contributed by atoms with E-state index in [4.69, 9.17) is 4.98 Å². The molecule has 1 radical (unpaired) electrons. The molecule has 0 saturated heterocycles. The first-order chi connectivity index (χ1) is 22.9. The number of nitrogens with zero attached hydrogens (tertiary/aromatic N) is 3. The summed E-state index contributed by atoms with van der Waals surface area (Å²) in [5, 5.41) is 2.60. The van der Waals surface area contributed by atoms with E-state index in [9.17, 15) is 0 Å². The van der Waals surface area contributed by atoms with Crippen molar-refractivity contribution >= 4 is 44.9 Å². The van der Waals surface area contributed by atoms with Gasteiger partial charge in [-0.3, -0.25) is 0 Å². The van der Waals surface area contributed by atoms with Crippen molar-refractivity contribution in [3.05, 3.63) is 133 Å². The van der Waals surface area contributed by atoms with Gasteiger partial charge in [0.2, 0.25) is 0 Å². The molecule has 243 valence electrons. The van der Waals surface area contributed by atoms with Gasteiger partial charge in [-0.2, -0.15) is 11.3 Å². The fourth-order valence-electron chi connectivity index (χ4n) is 6.38. The van der Waals surface area contributed by atoms with Gasteiger partial charge in [0.15, 0.2) is 0 Å². The van der Waals surface area contributed by atoms with Crippen molar-refractivity contribution in [2.75, 3.05) is 0 Å². The Balaban J connectivity index is 0.000000201. The van der Waals surface area contributed by atoms with Gasteiger partial charge in [-0.15, -0.1) is 47.5 Å². The molecule has 3 aromatic carbocycles. The second-order valence-electron chi connectivity index (χ2n) is 13.5. The molecule has 0 bridgehead atoms. The van der Waals surface area contributed by atoms with Gasteiger partial charge >= 0.3 is 0 Å². The third-order valence-electron chi connectivity index (χ3n) is 9.07. The van der Waals surface area contributed by atoms with Gasteiger partial charge in [0.05, 0.1) is 8.07 Å². The van der Waals surface area contributed by atoms with Crippen LogP contribution >= 0.6 is 11.3 Å². The van der Waals surface area contributed by atoms with Crippen LogP contribution in [-0.4, -0.2) is 23.0 Å². The molecule has 1 saturated carbocycles. The molecule has 4 heterocycles. The number of pyridine rings is 3. The van der Waals surface area contributed by atoms with E-state index < -0.39 is 8.07 Å². The standard InChI is InChI=1S/C28H23N2S.C14H16NSi.Ir/c1-2-8-21(9-3-1)22-10-11-26-24(16-22)28-27(31-26)17-23(18-30-28)25-15-20(12-13-29-25)14-19-6-4-5-7-19;1-16(2,3)13-9-10-14(15-11-13)12-7-5-4-6-8-12;/h1-3,8-13,15-17,19H,4-7,14H2;4-7,9-11H,1-3H3;/q2*-1;. The smallest absolute Gasteiger partial charge is 0.0795 e. The van der Waals surface area contributed by atoms with E-state index >= 15 is 0 Å². The molecule has 1 aliphatic carbocycles. The summed E-state index contributed by atoms with van der Waals surface area (Å²) >= 11 is 1.79. The fraction of sp³-hybridized carbons (Fsp3) is 0.214. The van der Waals surface area contributed by atoms with Crippen LogP contribution in [0.5, 0.6) is 0 Å². The Morgan fingerprint density at radius 1 is 0.750 bits per heavy atom. The maximum absolute atomic E-state index is 4.76. The minimum Gasteiger partial charge on any atom is -0.350 e. The monoisotopic (exact) mass is 838 g/mol. The summed E-state index contributed by atoms with van der Waals surface area (Å²) < 4.78 is 2.45. The van der Waals surface area contributed by atoms with Crippen LogP contribution < -0.4 is 5.19 Å². The Kier molecular flexibility index (Phi) is 10.8. The van der Waals surface area contributed by atoms with Crippen molar-refractivity contribution < 1.29 is 20.1 Å². The number of fused-ring (bicyclic) bond motifs is 3. The summed E-state index contributed by atoms with van der Waals surface area (Å²) in [7, 11) is -1.23. The second kappa shape index (κ2) is 15.2. The molecule has 4 aromatic heterocycles. The van der Waals surface area contributed by atoms with E-state index in [-0.39, 0.29) is 20.1 Å². The molecule has 0 aliphatic heterocycles. The molecule has 0 atom stereocenters. The second-order valence-corrected chi connectivity index (χ2v) is 19.7. The van der Waals surface area contributed by atoms with Crippen molar-refractivity contribution in [2.24, 2.45) is 5.92 Å². The molecule has 7 aromatic rings. The van der Waals surface area contributed by atoms with Crippen molar-refractivity contribution in [3.8, 4) is 33.6 Å². The summed E-state index contributed by atoms with van der Waals surface area (Å²) in [5.74, 6) is 0.834. The van der Waals surface area contributed by atoms with E-state index in [2.05, 4.69) is 121 Å². The van der Waals surface area contributed by atoms with Crippen LogP contribution in [0.25, 0.3) is 53.9 Å². The van der Waals surface area contributed by atoms with E-state index in [1.807, 2.05) is 36.7 Å². The molecule has 0 amide bonds. The predicted molar refractivity (Wildman–Crippen MR) is 202 cm³/mol. The van der Waals surface area contributed by atoms with E-state index in [0.717, 1.165) is 40.4 Å². The zero-order chi connectivity index (χ0) is 32.2. The van der Waals surface area contributed by atoms with E-state index in [1.165, 1.54) is 62.3 Å². The minimum atomic E-state index is -1.23. The topological polar surface area (TPSA) is 38.7 Å². The van der Waals surface area contributed by atoms with E-state index in [0.29, 0.717) is 0 Å². The van der Waals surface area contributed by atoms with Crippen LogP contribution in [0.2, 0.25) is 19.6 Å². The molecule has 8 rings (SSSR count). The molecule has 6 heteroatoms. The first-order valence-corrected chi connectivity index (χ1v) is 20.9. The predicted octanol–water partition coefficient (Wildman–Crippen LogP) is 10.8. The number of rotatable bonds is 6. The first kappa shape index (κ1) is 34.1. The van der Waals surface area contributed by atoms with Gasteiger partial charge in [0.1, 0.15) is 0 Å². The maximum Gasteiger partial charge on any atom is 0.0795 e. The summed E-state index contributed by atoms with van der Waals surface area (Å²) in [4.78, 5) is 13.9. The summed E-state index contributed by atoms with van der Waals surface area (Å²) in [5.41, 5.74) is 8.89. The largest absolute Gasteiger partial charge is 0.350 e. The van der Waals surface area contributed by atoms with Crippen LogP contribution in [0.4, 0.5) is 0 Å². The number of aromatic nitrogens is 3. The minimum absolute atomic E-state index is 0. The molecule has 0 unspecified atom stereocenters. The first-order valence-electron chi connectivity index (χ1n) is 16.6. The van der Waals surface area contributed by atoms with Crippen LogP contribution in [0.1, 0.15) is 31.2 Å². The Morgan fingerprint density at radius 3 is 2.29 bits per heavy atom. The summed E-state index contributed by atoms with van der Waals surface area (Å²) in [6, 6.07) is 39.2. The maximum atomic E-state index is 4.76. The molecule has 48 heavy (non-hydrogen) atoms. The van der Waals surface area contributed by atoms with Gasteiger partial charge in [-0.05, 0) is 68.5 Å². The number of thiophene rings is 1. The Morgan fingerprint density at radius 2 is 1.56 bits per heavy atom. The zero-order valence-corrected chi connectivity index (χ0v) is 31.9. The van der Waals surface area contributed by atoms with Crippen LogP contribution in [0.15, 0.2) is 116 Å². The van der Waals surface area contributed by atoms with Crippen LogP contribution in [0.3, 0.4) is 0 Å². The van der Waals surface area contributed by atoms with Gasteiger partial charge in [0, 0.05) is 42.7 Å². The number of benzene rings is 3. The molecule has 1 aliphatic rings. The van der Waals surface area contributed by atoms with Crippen molar-refractivity contribution in [1.29, 1.82) is 0 Å². The van der Waals surface area contributed by atoms with Gasteiger partial charge < -0.3 is 15.0 Å². The number of hydrogen-bond donors (Lipinski definition) is 0. The van der Waals surface area contributed by atoms with Crippen molar-refractivity contribution in [3.63, 3.8) is 0 Å². The molecule has 1 fully saturated rings. The third kappa shape index (κ3) is 7.90. The third-order valence-corrected chi connectivity index (χ3v) is 12.2. The SMILES string of the molecule is C[Si](C)(C)c1ccc(-c2[c-]cccc2)nc1.[Ir].[c-]1nc2c(cc1-c1cc(CC3CCCC3)ccn1)sc1ccc(-c3ccccc3)cc12. The fourth-order valence-corrected chi connectivity index (χ4v) is 8.49. The zero-order valence-electron chi connectivity index (χ0n) is 27.7. The average molecular weight is 838 g/mol. The van der Waals surface area contributed by atoms with Crippen molar-refractivity contribution in [1.82, 2.24) is 15.0 Å². The molecular formula is C42H39IrN3SSi-2. The Labute approximate surface area is 302 Å². The Hall–Kier alpha value is -3.80. The summed E-state index contributed by atoms with van der Waals surface area (Å²) in [6.07, 6.45) is 13.9. The van der Waals surface area contributed by atoms with Crippen LogP contribution in [0, 0.1) is 18.2 Å². The molecule has 0 N–H and O–H groups in total. The average Bonchev–Trinajstić information content (AvgIpc) is 3.76. The Bertz CT molecular complexity index is 2100. The van der Waals surface area contributed by atoms with Crippen LogP contribution in [-0.2, 0) is 26.5 Å². The van der Waals surface area contributed by atoms with E-state index in [1.54, 1.807) is 11.3 Å².